The fourth-order valence-electron chi connectivity index (χ4n) is 5.04. The van der Waals surface area contributed by atoms with Gasteiger partial charge in [-0.3, -0.25) is 9.89 Å². The molecule has 2 fully saturated rings. The van der Waals surface area contributed by atoms with Crippen molar-refractivity contribution in [2.24, 2.45) is 4.99 Å². The summed E-state index contributed by atoms with van der Waals surface area (Å²) in [6.07, 6.45) is 10.1. The van der Waals surface area contributed by atoms with Crippen LogP contribution in [0.2, 0.25) is 0 Å². The molecule has 6 nitrogen and oxygen atoms in total. The van der Waals surface area contributed by atoms with Crippen molar-refractivity contribution >= 4 is 5.96 Å². The van der Waals surface area contributed by atoms with Crippen LogP contribution in [0.4, 0.5) is 0 Å². The van der Waals surface area contributed by atoms with Crippen LogP contribution < -0.4 is 10.6 Å². The molecular weight excluding hydrogens is 362 g/mol. The maximum Gasteiger partial charge on any atom is 0.191 e. The van der Waals surface area contributed by atoms with E-state index in [9.17, 15) is 5.11 Å². The largest absolute Gasteiger partial charge is 0.388 e. The second kappa shape index (κ2) is 12.1. The Balaban J connectivity index is 2.06. The number of hydrogen-bond donors (Lipinski definition) is 3. The summed E-state index contributed by atoms with van der Waals surface area (Å²) in [5.74, 6) is 0.855. The van der Waals surface area contributed by atoms with E-state index < -0.39 is 5.60 Å². The van der Waals surface area contributed by atoms with Gasteiger partial charge in [-0.1, -0.05) is 33.1 Å². The molecule has 3 N–H and O–H groups in total. The van der Waals surface area contributed by atoms with Crippen LogP contribution in [0, 0.1) is 0 Å². The Morgan fingerprint density at radius 3 is 2.14 bits per heavy atom. The van der Waals surface area contributed by atoms with Crippen molar-refractivity contribution in [1.29, 1.82) is 0 Å². The van der Waals surface area contributed by atoms with Crippen molar-refractivity contribution in [3.05, 3.63) is 0 Å². The minimum atomic E-state index is -0.677. The summed E-state index contributed by atoms with van der Waals surface area (Å²) < 4.78 is 0. The van der Waals surface area contributed by atoms with Crippen molar-refractivity contribution in [1.82, 2.24) is 20.4 Å². The molecule has 0 saturated carbocycles. The van der Waals surface area contributed by atoms with Crippen LogP contribution in [0.1, 0.15) is 78.6 Å². The average Bonchev–Trinajstić information content (AvgIpc) is 2.73. The number of guanidine groups is 1. The van der Waals surface area contributed by atoms with Gasteiger partial charge < -0.3 is 20.6 Å². The van der Waals surface area contributed by atoms with Gasteiger partial charge in [-0.2, -0.15) is 0 Å². The van der Waals surface area contributed by atoms with Crippen molar-refractivity contribution in [3.63, 3.8) is 0 Å². The molecule has 0 unspecified atom stereocenters. The van der Waals surface area contributed by atoms with Crippen LogP contribution in [-0.4, -0.2) is 84.9 Å². The van der Waals surface area contributed by atoms with Crippen LogP contribution in [0.5, 0.6) is 0 Å². The van der Waals surface area contributed by atoms with Gasteiger partial charge in [0.25, 0.3) is 0 Å². The molecule has 2 aliphatic heterocycles. The highest BCUT2D eigenvalue weighted by molar-refractivity contribution is 5.79. The van der Waals surface area contributed by atoms with Gasteiger partial charge in [0.15, 0.2) is 5.96 Å². The van der Waals surface area contributed by atoms with Gasteiger partial charge in [0.05, 0.1) is 12.1 Å². The highest BCUT2D eigenvalue weighted by Gasteiger charge is 2.39. The third-order valence-electron chi connectivity index (χ3n) is 6.84. The maximum absolute atomic E-state index is 11.0. The Morgan fingerprint density at radius 2 is 1.59 bits per heavy atom. The molecule has 0 aromatic carbocycles. The first-order valence-electron chi connectivity index (χ1n) is 12.1. The first-order chi connectivity index (χ1) is 14.0. The molecule has 2 saturated heterocycles. The molecule has 0 radical (unpaired) electrons. The number of nitrogens with zero attached hydrogens (tertiary/aromatic N) is 3. The summed E-state index contributed by atoms with van der Waals surface area (Å²) in [6, 6.07) is 0. The van der Waals surface area contributed by atoms with E-state index in [0.29, 0.717) is 6.54 Å². The zero-order valence-electron chi connectivity index (χ0n) is 19.6. The lowest BCUT2D eigenvalue weighted by molar-refractivity contribution is 0.0171. The molecule has 0 aromatic heterocycles. The molecule has 6 heteroatoms. The molecular formula is C23H47N5O. The Hall–Kier alpha value is -0.850. The van der Waals surface area contributed by atoms with Crippen LogP contribution in [0.25, 0.3) is 0 Å². The Morgan fingerprint density at radius 1 is 0.966 bits per heavy atom. The molecule has 0 amide bonds. The molecule has 0 aromatic rings. The number of hydrogen-bond acceptors (Lipinski definition) is 4. The topological polar surface area (TPSA) is 63.1 Å². The summed E-state index contributed by atoms with van der Waals surface area (Å²) in [7, 11) is 2.24. The van der Waals surface area contributed by atoms with E-state index in [4.69, 9.17) is 4.99 Å². The first kappa shape index (κ1) is 24.4. The number of piperidine rings is 2. The first-order valence-corrected chi connectivity index (χ1v) is 12.1. The van der Waals surface area contributed by atoms with E-state index >= 15 is 0 Å². The average molecular weight is 410 g/mol. The summed E-state index contributed by atoms with van der Waals surface area (Å²) in [5.41, 5.74) is -0.448. The number of nitrogens with one attached hydrogen (secondary N) is 2. The van der Waals surface area contributed by atoms with Gasteiger partial charge >= 0.3 is 0 Å². The highest BCUT2D eigenvalue weighted by atomic mass is 16.3. The van der Waals surface area contributed by atoms with Crippen LogP contribution in [-0.2, 0) is 0 Å². The molecule has 0 atom stereocenters. The Labute approximate surface area is 179 Å². The predicted octanol–water partition coefficient (Wildman–Crippen LogP) is 2.82. The number of rotatable bonds is 10. The monoisotopic (exact) mass is 409 g/mol. The van der Waals surface area contributed by atoms with Gasteiger partial charge in [-0.25, -0.2) is 0 Å². The Kier molecular flexibility index (Phi) is 10.2. The van der Waals surface area contributed by atoms with Crippen molar-refractivity contribution in [2.75, 3.05) is 52.9 Å². The minimum absolute atomic E-state index is 0.228. The second-order valence-corrected chi connectivity index (χ2v) is 9.35. The smallest absolute Gasteiger partial charge is 0.191 e. The molecule has 2 aliphatic rings. The standard InChI is InChI=1S/C23H47N5O/c1-5-11-23(29,12-6-2)20-26-21(24-7-3)25-19-22(13-17-27(4)18-14-22)28-15-9-8-10-16-28/h29H,5-20H2,1-4H3,(H2,24,25,26). The van der Waals surface area contributed by atoms with Gasteiger partial charge in [-0.15, -0.1) is 0 Å². The third kappa shape index (κ3) is 7.41. The van der Waals surface area contributed by atoms with Crippen molar-refractivity contribution < 1.29 is 5.11 Å². The van der Waals surface area contributed by atoms with Gasteiger partial charge in [0, 0.05) is 18.6 Å². The van der Waals surface area contributed by atoms with Crippen LogP contribution >= 0.6 is 0 Å². The fraction of sp³-hybridized carbons (Fsp3) is 0.957. The molecule has 29 heavy (non-hydrogen) atoms. The van der Waals surface area contributed by atoms with Crippen LogP contribution in [0.3, 0.4) is 0 Å². The van der Waals surface area contributed by atoms with Crippen LogP contribution in [0.15, 0.2) is 4.99 Å². The highest BCUT2D eigenvalue weighted by Crippen LogP contribution is 2.31. The van der Waals surface area contributed by atoms with Crippen molar-refractivity contribution in [3.8, 4) is 0 Å². The van der Waals surface area contributed by atoms with Gasteiger partial charge in [0.1, 0.15) is 0 Å². The van der Waals surface area contributed by atoms with E-state index in [1.165, 1.54) is 58.3 Å². The number of likely N-dealkylation sites (tertiary alicyclic amines) is 2. The lowest BCUT2D eigenvalue weighted by atomic mass is 9.84. The quantitative estimate of drug-likeness (QED) is 0.383. The molecule has 2 rings (SSSR count). The lowest BCUT2D eigenvalue weighted by Crippen LogP contribution is -2.62. The molecule has 0 spiro atoms. The zero-order valence-corrected chi connectivity index (χ0v) is 19.6. The fourth-order valence-corrected chi connectivity index (χ4v) is 5.04. The SMILES string of the molecule is CCCC(O)(CCC)CN=C(NCC)NCC1(N2CCCCC2)CCN(C)CC1. The molecule has 170 valence electrons. The van der Waals surface area contributed by atoms with Gasteiger partial charge in [0.2, 0.25) is 0 Å². The third-order valence-corrected chi connectivity index (χ3v) is 6.84. The Bertz CT molecular complexity index is 476. The normalized spacial score (nSPS) is 21.9. The second-order valence-electron chi connectivity index (χ2n) is 9.35. The van der Waals surface area contributed by atoms with E-state index in [0.717, 1.165) is 44.7 Å². The lowest BCUT2D eigenvalue weighted by Gasteiger charge is -2.50. The molecule has 0 bridgehead atoms. The van der Waals surface area contributed by atoms with E-state index in [2.05, 4.69) is 48.3 Å². The van der Waals surface area contributed by atoms with Crippen molar-refractivity contribution in [2.45, 2.75) is 89.7 Å². The maximum atomic E-state index is 11.0. The van der Waals surface area contributed by atoms with Gasteiger partial charge in [-0.05, 0) is 78.7 Å². The number of aliphatic imine (C=N–C) groups is 1. The summed E-state index contributed by atoms with van der Waals surface area (Å²) in [4.78, 5) is 10.0. The molecule has 0 aliphatic carbocycles. The summed E-state index contributed by atoms with van der Waals surface area (Å²) in [6.45, 7) is 13.4. The predicted molar refractivity (Wildman–Crippen MR) is 124 cm³/mol. The summed E-state index contributed by atoms with van der Waals surface area (Å²) >= 11 is 0. The van der Waals surface area contributed by atoms with E-state index in [1.54, 1.807) is 0 Å². The zero-order chi connectivity index (χ0) is 21.2. The van der Waals surface area contributed by atoms with E-state index in [1.807, 2.05) is 0 Å². The minimum Gasteiger partial charge on any atom is -0.388 e. The molecule has 2 heterocycles. The summed E-state index contributed by atoms with van der Waals surface area (Å²) in [5, 5.41) is 18.0. The number of aliphatic hydroxyl groups is 1. The van der Waals surface area contributed by atoms with E-state index in [-0.39, 0.29) is 5.54 Å².